The molecule has 3 aliphatic rings. The molecule has 1 aliphatic carbocycles. The van der Waals surface area contributed by atoms with Gasteiger partial charge in [-0.15, -0.1) is 0 Å². The predicted molar refractivity (Wildman–Crippen MR) is 129 cm³/mol. The van der Waals surface area contributed by atoms with Crippen molar-refractivity contribution in [2.45, 2.75) is 44.7 Å². The fourth-order valence-electron chi connectivity index (χ4n) is 5.21. The quantitative estimate of drug-likeness (QED) is 0.441. The third-order valence-electron chi connectivity index (χ3n) is 7.05. The maximum absolute atomic E-state index is 13.1. The van der Waals surface area contributed by atoms with Gasteiger partial charge in [0.05, 0.1) is 11.1 Å². The number of hydrogen-bond acceptors (Lipinski definition) is 4. The number of benzene rings is 3. The molecule has 0 radical (unpaired) electrons. The van der Waals surface area contributed by atoms with Crippen molar-refractivity contribution in [3.8, 4) is 22.6 Å². The number of carbonyl (C=O) groups is 1. The number of allylic oxidation sites excluding steroid dienone is 1. The van der Waals surface area contributed by atoms with E-state index in [0.717, 1.165) is 29.0 Å². The second kappa shape index (κ2) is 8.53. The highest BCUT2D eigenvalue weighted by atomic mass is 16.5. The number of Topliss-reactive ketones (excluding diaryl/α,β-unsaturated/α-hetero) is 1. The average molecular weight is 438 g/mol. The molecule has 0 bridgehead atoms. The summed E-state index contributed by atoms with van der Waals surface area (Å²) in [5.41, 5.74) is 4.90. The summed E-state index contributed by atoms with van der Waals surface area (Å²) in [6.45, 7) is 1.39. The highest BCUT2D eigenvalue weighted by Gasteiger charge is 2.35. The summed E-state index contributed by atoms with van der Waals surface area (Å²) in [5, 5.41) is 0. The molecule has 0 N–H and O–H groups in total. The van der Waals surface area contributed by atoms with Gasteiger partial charge in [0.15, 0.2) is 5.76 Å². The first-order valence-electron chi connectivity index (χ1n) is 11.9. The lowest BCUT2D eigenvalue weighted by Crippen LogP contribution is -2.41. The first-order valence-corrected chi connectivity index (χ1v) is 11.9. The molecule has 6 rings (SSSR count). The van der Waals surface area contributed by atoms with Crippen LogP contribution in [0.2, 0.25) is 0 Å². The number of ketones is 1. The van der Waals surface area contributed by atoms with Gasteiger partial charge in [-0.1, -0.05) is 73.9 Å². The molecule has 3 aromatic rings. The van der Waals surface area contributed by atoms with Gasteiger partial charge in [0, 0.05) is 12.6 Å². The molecule has 0 spiro atoms. The molecule has 166 valence electrons. The standard InChI is InChI=1S/C29H27NO3/c31-28-24-15-16-26-25(18-30(19-32-26)23-9-5-2-6-10-23)29(24)33-27(28)17-20-11-13-22(14-12-20)21-7-3-1-4-8-21/h1,3-4,7-8,11-17,23H,2,5-6,9-10,18-19H2/b27-17+. The Hall–Kier alpha value is -3.37. The van der Waals surface area contributed by atoms with Crippen LogP contribution >= 0.6 is 0 Å². The number of fused-ring (bicyclic) bond motifs is 3. The Balaban J connectivity index is 1.25. The highest BCUT2D eigenvalue weighted by molar-refractivity contribution is 6.15. The van der Waals surface area contributed by atoms with Crippen molar-refractivity contribution in [1.82, 2.24) is 4.90 Å². The van der Waals surface area contributed by atoms with Gasteiger partial charge in [-0.3, -0.25) is 9.69 Å². The minimum absolute atomic E-state index is 0.0604. The van der Waals surface area contributed by atoms with E-state index in [1.807, 2.05) is 48.5 Å². The molecule has 0 amide bonds. The molecule has 2 aliphatic heterocycles. The Labute approximate surface area is 194 Å². The Morgan fingerprint density at radius 1 is 0.848 bits per heavy atom. The van der Waals surface area contributed by atoms with Gasteiger partial charge < -0.3 is 9.47 Å². The Bertz CT molecular complexity index is 1210. The van der Waals surface area contributed by atoms with Gasteiger partial charge in [-0.05, 0) is 47.7 Å². The van der Waals surface area contributed by atoms with E-state index in [9.17, 15) is 4.79 Å². The van der Waals surface area contributed by atoms with Gasteiger partial charge in [-0.2, -0.15) is 0 Å². The Kier molecular flexibility index (Phi) is 5.23. The van der Waals surface area contributed by atoms with Crippen LogP contribution in [0.15, 0.2) is 72.5 Å². The van der Waals surface area contributed by atoms with Gasteiger partial charge in [0.25, 0.3) is 0 Å². The Morgan fingerprint density at radius 2 is 1.61 bits per heavy atom. The predicted octanol–water partition coefficient (Wildman–Crippen LogP) is 6.45. The monoisotopic (exact) mass is 437 g/mol. The minimum Gasteiger partial charge on any atom is -0.478 e. The van der Waals surface area contributed by atoms with E-state index in [0.29, 0.717) is 29.8 Å². The van der Waals surface area contributed by atoms with E-state index in [-0.39, 0.29) is 5.78 Å². The third kappa shape index (κ3) is 3.85. The summed E-state index contributed by atoms with van der Waals surface area (Å²) < 4.78 is 12.3. The molecular weight excluding hydrogens is 410 g/mol. The molecule has 1 saturated carbocycles. The van der Waals surface area contributed by atoms with E-state index < -0.39 is 0 Å². The van der Waals surface area contributed by atoms with Crippen molar-refractivity contribution >= 4 is 11.9 Å². The van der Waals surface area contributed by atoms with Crippen molar-refractivity contribution in [2.24, 2.45) is 0 Å². The molecule has 1 fully saturated rings. The zero-order valence-electron chi connectivity index (χ0n) is 18.6. The smallest absolute Gasteiger partial charge is 0.231 e. The van der Waals surface area contributed by atoms with Crippen LogP contribution in [0.1, 0.15) is 53.6 Å². The van der Waals surface area contributed by atoms with Gasteiger partial charge in [-0.25, -0.2) is 0 Å². The van der Waals surface area contributed by atoms with Crippen LogP contribution in [0, 0.1) is 0 Å². The molecule has 4 heteroatoms. The fourth-order valence-corrected chi connectivity index (χ4v) is 5.21. The average Bonchev–Trinajstić information content (AvgIpc) is 3.20. The lowest BCUT2D eigenvalue weighted by molar-refractivity contribution is 0.0394. The van der Waals surface area contributed by atoms with E-state index >= 15 is 0 Å². The first-order chi connectivity index (χ1) is 16.3. The summed E-state index contributed by atoms with van der Waals surface area (Å²) in [6, 6.07) is 22.8. The molecule has 2 heterocycles. The van der Waals surface area contributed by atoms with Crippen molar-refractivity contribution in [3.05, 3.63) is 89.2 Å². The molecule has 3 aromatic carbocycles. The third-order valence-corrected chi connectivity index (χ3v) is 7.05. The van der Waals surface area contributed by atoms with Crippen LogP contribution in [-0.2, 0) is 6.54 Å². The molecule has 4 nitrogen and oxygen atoms in total. The van der Waals surface area contributed by atoms with Crippen molar-refractivity contribution in [1.29, 1.82) is 0 Å². The zero-order valence-corrected chi connectivity index (χ0v) is 18.6. The topological polar surface area (TPSA) is 38.8 Å². The summed E-state index contributed by atoms with van der Waals surface area (Å²) in [5.74, 6) is 1.82. The number of ether oxygens (including phenoxy) is 2. The van der Waals surface area contributed by atoms with E-state index in [1.165, 1.54) is 37.7 Å². The fraction of sp³-hybridized carbons (Fsp3) is 0.276. The van der Waals surface area contributed by atoms with Crippen LogP contribution in [0.3, 0.4) is 0 Å². The van der Waals surface area contributed by atoms with Crippen LogP contribution < -0.4 is 9.47 Å². The zero-order chi connectivity index (χ0) is 22.2. The second-order valence-corrected chi connectivity index (χ2v) is 9.16. The van der Waals surface area contributed by atoms with E-state index in [4.69, 9.17) is 9.47 Å². The highest BCUT2D eigenvalue weighted by Crippen LogP contribution is 2.43. The first kappa shape index (κ1) is 20.3. The van der Waals surface area contributed by atoms with Gasteiger partial charge in [0.1, 0.15) is 18.2 Å². The maximum Gasteiger partial charge on any atom is 0.231 e. The summed E-state index contributed by atoms with van der Waals surface area (Å²) in [7, 11) is 0. The second-order valence-electron chi connectivity index (χ2n) is 9.16. The SMILES string of the molecule is O=C1/C(=C\c2ccc(-c3ccccc3)cc2)Oc2c1ccc1c2CN(C2CCCCC2)CO1. The molecule has 0 atom stereocenters. The lowest BCUT2D eigenvalue weighted by Gasteiger charge is -2.37. The minimum atomic E-state index is -0.0604. The lowest BCUT2D eigenvalue weighted by atomic mass is 9.93. The van der Waals surface area contributed by atoms with Crippen molar-refractivity contribution in [2.75, 3.05) is 6.73 Å². The van der Waals surface area contributed by atoms with Crippen LogP contribution in [-0.4, -0.2) is 23.5 Å². The molecule has 33 heavy (non-hydrogen) atoms. The van der Waals surface area contributed by atoms with E-state index in [1.54, 1.807) is 0 Å². The normalized spacial score (nSPS) is 19.6. The molecule has 0 aromatic heterocycles. The van der Waals surface area contributed by atoms with Crippen molar-refractivity contribution < 1.29 is 14.3 Å². The Morgan fingerprint density at radius 3 is 2.39 bits per heavy atom. The van der Waals surface area contributed by atoms with Gasteiger partial charge >= 0.3 is 0 Å². The summed E-state index contributed by atoms with van der Waals surface area (Å²) in [6.07, 6.45) is 8.17. The maximum atomic E-state index is 13.1. The van der Waals surface area contributed by atoms with Crippen LogP contribution in [0.5, 0.6) is 11.5 Å². The van der Waals surface area contributed by atoms with Crippen LogP contribution in [0.25, 0.3) is 17.2 Å². The number of hydrogen-bond donors (Lipinski definition) is 0. The molecule has 0 saturated heterocycles. The van der Waals surface area contributed by atoms with Gasteiger partial charge in [0.2, 0.25) is 5.78 Å². The van der Waals surface area contributed by atoms with E-state index in [2.05, 4.69) is 29.2 Å². The number of rotatable bonds is 3. The summed E-state index contributed by atoms with van der Waals surface area (Å²) in [4.78, 5) is 15.5. The number of nitrogens with zero attached hydrogens (tertiary/aromatic N) is 1. The largest absolute Gasteiger partial charge is 0.478 e. The molecule has 0 unspecified atom stereocenters. The summed E-state index contributed by atoms with van der Waals surface area (Å²) >= 11 is 0. The van der Waals surface area contributed by atoms with Crippen LogP contribution in [0.4, 0.5) is 0 Å². The molecular formula is C29H27NO3. The number of carbonyl (C=O) groups excluding carboxylic acids is 1. The van der Waals surface area contributed by atoms with Crippen molar-refractivity contribution in [3.63, 3.8) is 0 Å².